The Bertz CT molecular complexity index is 659. The highest BCUT2D eigenvalue weighted by atomic mass is 16.5. The van der Waals surface area contributed by atoms with E-state index in [-0.39, 0.29) is 11.3 Å². The molecule has 0 aromatic heterocycles. The van der Waals surface area contributed by atoms with E-state index >= 15 is 0 Å². The normalized spacial score (nSPS) is 11.2. The summed E-state index contributed by atoms with van der Waals surface area (Å²) in [5.41, 5.74) is 0.963. The fourth-order valence-corrected chi connectivity index (χ4v) is 1.89. The summed E-state index contributed by atoms with van der Waals surface area (Å²) < 4.78 is 5.18. The van der Waals surface area contributed by atoms with Crippen molar-refractivity contribution in [2.24, 2.45) is 0 Å². The quantitative estimate of drug-likeness (QED) is 0.662. The van der Waals surface area contributed by atoms with E-state index in [1.54, 1.807) is 42.5 Å². The van der Waals surface area contributed by atoms with Crippen LogP contribution in [0.25, 0.3) is 11.6 Å². The Morgan fingerprint density at radius 1 is 1.10 bits per heavy atom. The van der Waals surface area contributed by atoms with Crippen LogP contribution >= 0.6 is 0 Å². The van der Waals surface area contributed by atoms with E-state index in [1.807, 2.05) is 0 Å². The zero-order chi connectivity index (χ0) is 14.5. The lowest BCUT2D eigenvalue weighted by Gasteiger charge is -2.09. The molecule has 0 bridgehead atoms. The maximum absolute atomic E-state index is 11.5. The highest BCUT2D eigenvalue weighted by Crippen LogP contribution is 2.29. The minimum Gasteiger partial charge on any atom is -0.507 e. The number of phenolic OH excluding ortho intramolecular Hbond substituents is 1. The van der Waals surface area contributed by atoms with Crippen molar-refractivity contribution >= 4 is 17.6 Å². The van der Waals surface area contributed by atoms with Gasteiger partial charge in [-0.1, -0.05) is 36.4 Å². The Balaban J connectivity index is 2.58. The molecule has 0 fully saturated rings. The van der Waals surface area contributed by atoms with Crippen LogP contribution in [0, 0.1) is 0 Å². The van der Waals surface area contributed by atoms with Gasteiger partial charge in [-0.25, -0.2) is 4.79 Å². The first-order valence-corrected chi connectivity index (χ1v) is 6.00. The largest absolute Gasteiger partial charge is 0.507 e. The number of hydrogen-bond donors (Lipinski definition) is 2. The van der Waals surface area contributed by atoms with Gasteiger partial charge in [-0.05, 0) is 18.2 Å². The van der Waals surface area contributed by atoms with Gasteiger partial charge in [0.15, 0.2) is 0 Å². The van der Waals surface area contributed by atoms with Gasteiger partial charge in [0, 0.05) is 11.1 Å². The second kappa shape index (κ2) is 5.93. The van der Waals surface area contributed by atoms with Crippen molar-refractivity contribution in [3.8, 4) is 11.5 Å². The number of carbonyl (C=O) groups is 1. The van der Waals surface area contributed by atoms with Crippen molar-refractivity contribution in [1.82, 2.24) is 0 Å². The van der Waals surface area contributed by atoms with Crippen LogP contribution in [-0.4, -0.2) is 23.3 Å². The predicted octanol–water partition coefficient (Wildman–Crippen LogP) is 3.03. The highest BCUT2D eigenvalue weighted by molar-refractivity contribution is 6.21. The van der Waals surface area contributed by atoms with Crippen LogP contribution < -0.4 is 4.74 Å². The number of benzene rings is 2. The van der Waals surface area contributed by atoms with Crippen molar-refractivity contribution in [2.45, 2.75) is 0 Å². The molecule has 2 aromatic carbocycles. The molecule has 2 rings (SSSR count). The molecular weight excluding hydrogens is 256 g/mol. The molecule has 2 N–H and O–H groups in total. The monoisotopic (exact) mass is 270 g/mol. The third-order valence-corrected chi connectivity index (χ3v) is 2.86. The number of carboxylic acid groups (broad SMARTS) is 1. The van der Waals surface area contributed by atoms with Gasteiger partial charge < -0.3 is 14.9 Å². The van der Waals surface area contributed by atoms with Gasteiger partial charge in [0.25, 0.3) is 0 Å². The average Bonchev–Trinajstić information content (AvgIpc) is 2.46. The second-order valence-electron chi connectivity index (χ2n) is 4.12. The van der Waals surface area contributed by atoms with E-state index in [0.29, 0.717) is 16.9 Å². The summed E-state index contributed by atoms with van der Waals surface area (Å²) in [7, 11) is 1.48. The van der Waals surface area contributed by atoms with Gasteiger partial charge >= 0.3 is 5.97 Å². The fourth-order valence-electron chi connectivity index (χ4n) is 1.89. The molecular formula is C16H14O4. The molecule has 0 atom stereocenters. The number of hydrogen-bond acceptors (Lipinski definition) is 3. The van der Waals surface area contributed by atoms with E-state index in [2.05, 4.69) is 0 Å². The molecule has 0 radical (unpaired) electrons. The number of carboxylic acids is 1. The number of ether oxygens (including phenoxy) is 1. The van der Waals surface area contributed by atoms with Crippen LogP contribution in [0.3, 0.4) is 0 Å². The van der Waals surface area contributed by atoms with E-state index in [0.717, 1.165) is 0 Å². The molecule has 0 aliphatic heterocycles. The van der Waals surface area contributed by atoms with Crippen LogP contribution in [0.5, 0.6) is 11.5 Å². The smallest absolute Gasteiger partial charge is 0.336 e. The maximum Gasteiger partial charge on any atom is 0.336 e. The van der Waals surface area contributed by atoms with E-state index in [4.69, 9.17) is 4.74 Å². The number of phenols is 1. The number of aromatic hydroxyl groups is 1. The van der Waals surface area contributed by atoms with Crippen LogP contribution in [0.1, 0.15) is 11.1 Å². The van der Waals surface area contributed by atoms with Crippen molar-refractivity contribution in [3.05, 3.63) is 59.7 Å². The lowest BCUT2D eigenvalue weighted by molar-refractivity contribution is -0.130. The van der Waals surface area contributed by atoms with Gasteiger partial charge in [-0.3, -0.25) is 0 Å². The Morgan fingerprint density at radius 3 is 2.40 bits per heavy atom. The topological polar surface area (TPSA) is 66.8 Å². The predicted molar refractivity (Wildman–Crippen MR) is 76.6 cm³/mol. The SMILES string of the molecule is COc1ccccc1/C(=C\c1ccccc1O)C(=O)O. The minimum absolute atomic E-state index is 0.0288. The molecule has 0 aliphatic rings. The van der Waals surface area contributed by atoms with Gasteiger partial charge in [-0.15, -0.1) is 0 Å². The Morgan fingerprint density at radius 2 is 1.75 bits per heavy atom. The van der Waals surface area contributed by atoms with Gasteiger partial charge in [0.1, 0.15) is 11.5 Å². The first-order valence-electron chi connectivity index (χ1n) is 6.00. The summed E-state index contributed by atoms with van der Waals surface area (Å²) in [6.07, 6.45) is 1.43. The Kier molecular flexibility index (Phi) is 4.05. The Labute approximate surface area is 116 Å². The van der Waals surface area contributed by atoms with Crippen molar-refractivity contribution in [2.75, 3.05) is 7.11 Å². The average molecular weight is 270 g/mol. The van der Waals surface area contributed by atoms with E-state index < -0.39 is 5.97 Å². The zero-order valence-electron chi connectivity index (χ0n) is 10.9. The lowest BCUT2D eigenvalue weighted by Crippen LogP contribution is -2.01. The number of rotatable bonds is 4. The van der Waals surface area contributed by atoms with E-state index in [1.165, 1.54) is 19.3 Å². The van der Waals surface area contributed by atoms with E-state index in [9.17, 15) is 15.0 Å². The van der Waals surface area contributed by atoms with Crippen molar-refractivity contribution in [3.63, 3.8) is 0 Å². The first kappa shape index (κ1) is 13.7. The molecule has 0 heterocycles. The number of aliphatic carboxylic acids is 1. The molecule has 0 saturated carbocycles. The molecule has 0 aliphatic carbocycles. The molecule has 0 saturated heterocycles. The summed E-state index contributed by atoms with van der Waals surface area (Å²) in [4.78, 5) is 11.5. The summed E-state index contributed by atoms with van der Waals surface area (Å²) in [5, 5.41) is 19.1. The van der Waals surface area contributed by atoms with Crippen LogP contribution in [0.2, 0.25) is 0 Å². The molecule has 4 heteroatoms. The summed E-state index contributed by atoms with van der Waals surface area (Å²) in [6.45, 7) is 0. The van der Waals surface area contributed by atoms with Crippen LogP contribution in [0.15, 0.2) is 48.5 Å². The van der Waals surface area contributed by atoms with Gasteiger partial charge in [-0.2, -0.15) is 0 Å². The summed E-state index contributed by atoms with van der Waals surface area (Å²) in [5.74, 6) is -0.588. The van der Waals surface area contributed by atoms with Crippen LogP contribution in [0.4, 0.5) is 0 Å². The maximum atomic E-state index is 11.5. The minimum atomic E-state index is -1.09. The lowest BCUT2D eigenvalue weighted by atomic mass is 10.0. The second-order valence-corrected chi connectivity index (χ2v) is 4.12. The summed E-state index contributed by atoms with van der Waals surface area (Å²) in [6, 6.07) is 13.4. The number of para-hydroxylation sites is 2. The van der Waals surface area contributed by atoms with Crippen molar-refractivity contribution in [1.29, 1.82) is 0 Å². The number of methoxy groups -OCH3 is 1. The standard InChI is InChI=1S/C16H14O4/c1-20-15-9-5-3-7-12(15)13(16(18)19)10-11-6-2-4-8-14(11)17/h2-10,17H,1H3,(H,18,19)/b13-10+. The first-order chi connectivity index (χ1) is 9.63. The van der Waals surface area contributed by atoms with Gasteiger partial charge in [0.05, 0.1) is 12.7 Å². The zero-order valence-corrected chi connectivity index (χ0v) is 10.9. The van der Waals surface area contributed by atoms with Gasteiger partial charge in [0.2, 0.25) is 0 Å². The third kappa shape index (κ3) is 2.80. The highest BCUT2D eigenvalue weighted by Gasteiger charge is 2.15. The third-order valence-electron chi connectivity index (χ3n) is 2.86. The molecule has 4 nitrogen and oxygen atoms in total. The molecule has 2 aromatic rings. The fraction of sp³-hybridized carbons (Fsp3) is 0.0625. The molecule has 0 unspecified atom stereocenters. The van der Waals surface area contributed by atoms with Crippen LogP contribution in [-0.2, 0) is 4.79 Å². The van der Waals surface area contributed by atoms with Crippen molar-refractivity contribution < 1.29 is 19.7 Å². The molecule has 0 spiro atoms. The molecule has 20 heavy (non-hydrogen) atoms. The molecule has 0 amide bonds. The molecule has 102 valence electrons. The summed E-state index contributed by atoms with van der Waals surface area (Å²) >= 11 is 0. The Hall–Kier alpha value is -2.75.